The summed E-state index contributed by atoms with van der Waals surface area (Å²) in [6.45, 7) is 0. The van der Waals surface area contributed by atoms with Gasteiger partial charge in [-0.25, -0.2) is 15.0 Å². The van der Waals surface area contributed by atoms with Gasteiger partial charge in [0.05, 0.1) is 11.0 Å². The van der Waals surface area contributed by atoms with Crippen LogP contribution in [-0.2, 0) is 0 Å². The van der Waals surface area contributed by atoms with Gasteiger partial charge in [0.15, 0.2) is 17.5 Å². The van der Waals surface area contributed by atoms with Crippen molar-refractivity contribution in [1.82, 2.24) is 19.5 Å². The van der Waals surface area contributed by atoms with Gasteiger partial charge in [-0.2, -0.15) is 0 Å². The smallest absolute Gasteiger partial charge is 0.164 e. The van der Waals surface area contributed by atoms with Crippen LogP contribution in [0.4, 0.5) is 0 Å². The molecule has 0 atom stereocenters. The standard InChI is InChI=1S/C61H40N4/c1-5-15-41(16-6-1)44-25-29-48(30-26-44)60-62-59(47-22-11-4-12-23-47)63-61(64-60)49-31-27-45(28-32-49)52-39-54(46-20-9-3-10-21-46)58-55-38-51(42-17-7-2-8-18-42)34-36-56(55)65(57(58)40-52)53-35-33-43-19-13-14-24-50(43)37-53/h1-40H. The number of rotatable bonds is 8. The first-order valence-corrected chi connectivity index (χ1v) is 22.0. The Morgan fingerprint density at radius 3 is 1.28 bits per heavy atom. The number of nitrogens with zero attached hydrogens (tertiary/aromatic N) is 4. The number of hydrogen-bond donors (Lipinski definition) is 0. The van der Waals surface area contributed by atoms with Crippen LogP contribution in [0, 0.1) is 0 Å². The molecule has 0 radical (unpaired) electrons. The molecule has 304 valence electrons. The maximum absolute atomic E-state index is 5.09. The van der Waals surface area contributed by atoms with Crippen molar-refractivity contribution in [3.05, 3.63) is 243 Å². The maximum atomic E-state index is 5.09. The van der Waals surface area contributed by atoms with E-state index in [9.17, 15) is 0 Å². The summed E-state index contributed by atoms with van der Waals surface area (Å²) in [5.74, 6) is 1.89. The van der Waals surface area contributed by atoms with E-state index in [1.807, 2.05) is 36.4 Å². The first kappa shape index (κ1) is 38.0. The molecule has 65 heavy (non-hydrogen) atoms. The Morgan fingerprint density at radius 1 is 0.262 bits per heavy atom. The molecular formula is C61H40N4. The van der Waals surface area contributed by atoms with Gasteiger partial charge in [0.2, 0.25) is 0 Å². The quantitative estimate of drug-likeness (QED) is 0.153. The number of fused-ring (bicyclic) bond motifs is 4. The molecule has 4 nitrogen and oxygen atoms in total. The summed E-state index contributed by atoms with van der Waals surface area (Å²) in [5.41, 5.74) is 15.5. The Hall–Kier alpha value is -8.73. The molecule has 0 N–H and O–H groups in total. The lowest BCUT2D eigenvalue weighted by Crippen LogP contribution is -2.00. The fraction of sp³-hybridized carbons (Fsp3) is 0. The molecule has 0 amide bonds. The number of aromatic nitrogens is 4. The van der Waals surface area contributed by atoms with Crippen LogP contribution in [0.1, 0.15) is 0 Å². The SMILES string of the molecule is c1ccc(-c2ccc(-c3nc(-c4ccccc4)nc(-c4ccc(-c5cc(-c6ccccc6)c6c7cc(-c8ccccc8)ccc7n(-c7ccc8ccccc8c7)c6c5)cc4)n3)cc2)cc1. The fourth-order valence-corrected chi connectivity index (χ4v) is 9.17. The highest BCUT2D eigenvalue weighted by atomic mass is 15.0. The van der Waals surface area contributed by atoms with Gasteiger partial charge in [-0.3, -0.25) is 0 Å². The molecule has 0 aliphatic heterocycles. The minimum atomic E-state index is 0.624. The Bertz CT molecular complexity index is 3660. The average Bonchev–Trinajstić information content (AvgIpc) is 3.73. The van der Waals surface area contributed by atoms with Crippen molar-refractivity contribution < 1.29 is 0 Å². The van der Waals surface area contributed by atoms with Crippen molar-refractivity contribution in [2.75, 3.05) is 0 Å². The molecule has 0 unspecified atom stereocenters. The summed E-state index contributed by atoms with van der Waals surface area (Å²) in [4.78, 5) is 15.1. The predicted molar refractivity (Wildman–Crippen MR) is 270 cm³/mol. The average molecular weight is 829 g/mol. The molecular weight excluding hydrogens is 789 g/mol. The van der Waals surface area contributed by atoms with Gasteiger partial charge < -0.3 is 4.57 Å². The minimum absolute atomic E-state index is 0.624. The van der Waals surface area contributed by atoms with Gasteiger partial charge in [-0.05, 0) is 91.7 Å². The monoisotopic (exact) mass is 828 g/mol. The van der Waals surface area contributed by atoms with E-state index >= 15 is 0 Å². The molecule has 0 saturated heterocycles. The minimum Gasteiger partial charge on any atom is -0.309 e. The molecule has 0 fully saturated rings. The fourth-order valence-electron chi connectivity index (χ4n) is 9.17. The zero-order valence-electron chi connectivity index (χ0n) is 35.4. The highest BCUT2D eigenvalue weighted by Crippen LogP contribution is 2.43. The van der Waals surface area contributed by atoms with E-state index < -0.39 is 0 Å². The summed E-state index contributed by atoms with van der Waals surface area (Å²) >= 11 is 0. The first-order valence-electron chi connectivity index (χ1n) is 22.0. The van der Waals surface area contributed by atoms with E-state index in [0.717, 1.165) is 50.1 Å². The van der Waals surface area contributed by atoms with Crippen molar-refractivity contribution in [3.63, 3.8) is 0 Å². The van der Waals surface area contributed by atoms with E-state index in [2.05, 4.69) is 211 Å². The van der Waals surface area contributed by atoms with Crippen molar-refractivity contribution in [2.45, 2.75) is 0 Å². The summed E-state index contributed by atoms with van der Waals surface area (Å²) < 4.78 is 2.44. The summed E-state index contributed by atoms with van der Waals surface area (Å²) in [5, 5.41) is 4.86. The van der Waals surface area contributed by atoms with Gasteiger partial charge in [-0.1, -0.05) is 206 Å². The second kappa shape index (κ2) is 16.2. The molecule has 12 rings (SSSR count). The summed E-state index contributed by atoms with van der Waals surface area (Å²) in [6, 6.07) is 86.2. The van der Waals surface area contributed by atoms with E-state index in [-0.39, 0.29) is 0 Å². The number of hydrogen-bond acceptors (Lipinski definition) is 3. The van der Waals surface area contributed by atoms with Crippen molar-refractivity contribution in [1.29, 1.82) is 0 Å². The van der Waals surface area contributed by atoms with Crippen LogP contribution in [0.25, 0.3) is 117 Å². The Labute approximate surface area is 377 Å². The highest BCUT2D eigenvalue weighted by Gasteiger charge is 2.20. The van der Waals surface area contributed by atoms with E-state index in [4.69, 9.17) is 15.0 Å². The molecule has 12 aromatic rings. The third-order valence-corrected chi connectivity index (χ3v) is 12.4. The maximum Gasteiger partial charge on any atom is 0.164 e. The second-order valence-corrected chi connectivity index (χ2v) is 16.4. The number of benzene rings is 10. The molecule has 2 heterocycles. The van der Waals surface area contributed by atoms with Crippen LogP contribution < -0.4 is 0 Å². The Morgan fingerprint density at radius 2 is 0.692 bits per heavy atom. The van der Waals surface area contributed by atoms with E-state index in [1.54, 1.807) is 0 Å². The predicted octanol–water partition coefficient (Wildman–Crippen LogP) is 15.8. The van der Waals surface area contributed by atoms with Gasteiger partial charge in [0.1, 0.15) is 0 Å². The molecule has 0 aliphatic rings. The lowest BCUT2D eigenvalue weighted by Gasteiger charge is -2.13. The van der Waals surface area contributed by atoms with Crippen LogP contribution in [0.3, 0.4) is 0 Å². The van der Waals surface area contributed by atoms with Crippen molar-refractivity contribution in [2.24, 2.45) is 0 Å². The van der Waals surface area contributed by atoms with Crippen molar-refractivity contribution >= 4 is 32.6 Å². The highest BCUT2D eigenvalue weighted by molar-refractivity contribution is 6.18. The lowest BCUT2D eigenvalue weighted by molar-refractivity contribution is 1.07. The molecule has 10 aromatic carbocycles. The molecule has 4 heteroatoms. The van der Waals surface area contributed by atoms with Crippen LogP contribution in [-0.4, -0.2) is 19.5 Å². The van der Waals surface area contributed by atoms with Gasteiger partial charge in [0, 0.05) is 33.2 Å². The van der Waals surface area contributed by atoms with E-state index in [0.29, 0.717) is 17.5 Å². The molecule has 0 aliphatic carbocycles. The Balaban J connectivity index is 1.02. The molecule has 0 spiro atoms. The lowest BCUT2D eigenvalue weighted by atomic mass is 9.93. The summed E-state index contributed by atoms with van der Waals surface area (Å²) in [7, 11) is 0. The largest absolute Gasteiger partial charge is 0.309 e. The first-order chi connectivity index (χ1) is 32.2. The molecule has 0 bridgehead atoms. The zero-order chi connectivity index (χ0) is 43.1. The van der Waals surface area contributed by atoms with Gasteiger partial charge in [0.25, 0.3) is 0 Å². The topological polar surface area (TPSA) is 43.6 Å². The van der Waals surface area contributed by atoms with Crippen molar-refractivity contribution in [3.8, 4) is 84.4 Å². The normalized spacial score (nSPS) is 11.4. The third-order valence-electron chi connectivity index (χ3n) is 12.4. The zero-order valence-corrected chi connectivity index (χ0v) is 35.4. The van der Waals surface area contributed by atoms with Crippen LogP contribution in [0.5, 0.6) is 0 Å². The second-order valence-electron chi connectivity index (χ2n) is 16.4. The van der Waals surface area contributed by atoms with Gasteiger partial charge >= 0.3 is 0 Å². The Kier molecular flexibility index (Phi) is 9.46. The summed E-state index contributed by atoms with van der Waals surface area (Å²) in [6.07, 6.45) is 0. The van der Waals surface area contributed by atoms with Crippen LogP contribution in [0.2, 0.25) is 0 Å². The molecule has 2 aromatic heterocycles. The molecule has 0 saturated carbocycles. The van der Waals surface area contributed by atoms with E-state index in [1.165, 1.54) is 49.4 Å². The van der Waals surface area contributed by atoms with Gasteiger partial charge in [-0.15, -0.1) is 0 Å². The van der Waals surface area contributed by atoms with Crippen LogP contribution in [0.15, 0.2) is 243 Å². The van der Waals surface area contributed by atoms with Crippen LogP contribution >= 0.6 is 0 Å². The third kappa shape index (κ3) is 7.13.